The van der Waals surface area contributed by atoms with Crippen LogP contribution in [0.4, 0.5) is 0 Å². The Hall–Kier alpha value is -1.56. The first kappa shape index (κ1) is 20.7. The molecule has 2 N–H and O–H groups in total. The fourth-order valence-corrected chi connectivity index (χ4v) is 3.41. The molecule has 0 radical (unpaired) electrons. The molecular formula is C19H22Cl2O5. The summed E-state index contributed by atoms with van der Waals surface area (Å²) < 4.78 is 4.95. The minimum absolute atomic E-state index is 0.352. The van der Waals surface area contributed by atoms with Gasteiger partial charge in [-0.25, -0.2) is 4.79 Å². The highest BCUT2D eigenvalue weighted by Crippen LogP contribution is 2.31. The number of cyclic esters (lactones) is 1. The third kappa shape index (κ3) is 5.47. The minimum atomic E-state index is -2.09. The van der Waals surface area contributed by atoms with Crippen molar-refractivity contribution in [2.24, 2.45) is 0 Å². The van der Waals surface area contributed by atoms with E-state index in [9.17, 15) is 14.7 Å². The van der Waals surface area contributed by atoms with E-state index in [0.29, 0.717) is 22.9 Å². The summed E-state index contributed by atoms with van der Waals surface area (Å²) in [6, 6.07) is 5.37. The first-order valence-corrected chi connectivity index (χ1v) is 9.35. The number of allylic oxidation sites excluding steroid dienone is 1. The Balaban J connectivity index is 1.64. The lowest BCUT2D eigenvalue weighted by molar-refractivity contribution is -0.164. The van der Waals surface area contributed by atoms with E-state index in [2.05, 4.69) is 6.08 Å². The molecule has 1 saturated heterocycles. The molecule has 1 aromatic rings. The van der Waals surface area contributed by atoms with Crippen LogP contribution in [0.15, 0.2) is 24.3 Å². The van der Waals surface area contributed by atoms with Crippen LogP contribution in [-0.4, -0.2) is 33.9 Å². The van der Waals surface area contributed by atoms with E-state index in [1.54, 1.807) is 12.1 Å². The first-order valence-electron chi connectivity index (χ1n) is 8.60. The predicted molar refractivity (Wildman–Crippen MR) is 100 cm³/mol. The Morgan fingerprint density at radius 2 is 2.00 bits per heavy atom. The van der Waals surface area contributed by atoms with Crippen LogP contribution < -0.4 is 0 Å². The Morgan fingerprint density at radius 1 is 1.27 bits per heavy atom. The van der Waals surface area contributed by atoms with Crippen molar-refractivity contribution in [2.75, 3.05) is 0 Å². The molecule has 0 spiro atoms. The summed E-state index contributed by atoms with van der Waals surface area (Å²) in [5.41, 5.74) is -1.16. The molecule has 142 valence electrons. The monoisotopic (exact) mass is 400 g/mol. The van der Waals surface area contributed by atoms with Crippen LogP contribution in [0, 0.1) is 0 Å². The summed E-state index contributed by atoms with van der Waals surface area (Å²) in [4.78, 5) is 22.4. The molecule has 2 unspecified atom stereocenters. The number of hydrogen-bond donors (Lipinski definition) is 2. The van der Waals surface area contributed by atoms with Gasteiger partial charge in [0.2, 0.25) is 5.60 Å². The third-order valence-corrected chi connectivity index (χ3v) is 5.00. The van der Waals surface area contributed by atoms with Crippen molar-refractivity contribution in [1.29, 1.82) is 0 Å². The van der Waals surface area contributed by atoms with Crippen LogP contribution >= 0.6 is 23.2 Å². The highest BCUT2D eigenvalue weighted by molar-refractivity contribution is 6.35. The second-order valence-corrected chi connectivity index (χ2v) is 7.29. The van der Waals surface area contributed by atoms with Gasteiger partial charge in [-0.2, -0.15) is 0 Å². The molecule has 0 aromatic heterocycles. The van der Waals surface area contributed by atoms with Crippen molar-refractivity contribution < 1.29 is 24.5 Å². The molecule has 5 nitrogen and oxygen atoms in total. The van der Waals surface area contributed by atoms with Gasteiger partial charge in [0, 0.05) is 10.0 Å². The van der Waals surface area contributed by atoms with Gasteiger partial charge in [-0.05, 0) is 43.4 Å². The molecule has 0 bridgehead atoms. The maximum Gasteiger partial charge on any atom is 0.340 e. The van der Waals surface area contributed by atoms with Crippen LogP contribution in [0.5, 0.6) is 0 Å². The van der Waals surface area contributed by atoms with Gasteiger partial charge in [0.1, 0.15) is 6.10 Å². The van der Waals surface area contributed by atoms with Crippen LogP contribution in [0.3, 0.4) is 0 Å². The number of carbonyl (C=O) groups is 2. The van der Waals surface area contributed by atoms with Gasteiger partial charge in [-0.1, -0.05) is 54.3 Å². The number of hydrogen-bond acceptors (Lipinski definition) is 4. The molecule has 26 heavy (non-hydrogen) atoms. The molecule has 1 aromatic carbocycles. The number of benzene rings is 1. The zero-order chi connectivity index (χ0) is 19.2. The van der Waals surface area contributed by atoms with E-state index in [1.165, 1.54) is 0 Å². The smallest absolute Gasteiger partial charge is 0.340 e. The average molecular weight is 401 g/mol. The lowest BCUT2D eigenvalue weighted by atomic mass is 9.91. The van der Waals surface area contributed by atoms with E-state index in [-0.39, 0.29) is 0 Å². The van der Waals surface area contributed by atoms with Gasteiger partial charge in [0.05, 0.1) is 6.42 Å². The van der Waals surface area contributed by atoms with Crippen molar-refractivity contribution in [3.05, 3.63) is 39.9 Å². The fourth-order valence-electron chi connectivity index (χ4n) is 2.94. The van der Waals surface area contributed by atoms with E-state index < -0.39 is 30.1 Å². The van der Waals surface area contributed by atoms with Crippen molar-refractivity contribution in [2.45, 2.75) is 56.7 Å². The molecule has 1 heterocycles. The molecule has 2 atom stereocenters. The zero-order valence-corrected chi connectivity index (χ0v) is 15.8. The SMILES string of the molecule is O=C1CC(O)(C(=O)O)C(CCCCCCC=Cc2ccc(Cl)cc2Cl)O1. The number of aliphatic hydroxyl groups is 1. The number of carbonyl (C=O) groups excluding carboxylic acids is 1. The molecule has 1 aliphatic heterocycles. The quantitative estimate of drug-likeness (QED) is 0.471. The minimum Gasteiger partial charge on any atom is -0.479 e. The summed E-state index contributed by atoms with van der Waals surface area (Å²) in [6.45, 7) is 0. The van der Waals surface area contributed by atoms with Gasteiger partial charge >= 0.3 is 11.9 Å². The van der Waals surface area contributed by atoms with Gasteiger partial charge < -0.3 is 14.9 Å². The summed E-state index contributed by atoms with van der Waals surface area (Å²) in [6.07, 6.45) is 7.34. The summed E-state index contributed by atoms with van der Waals surface area (Å²) >= 11 is 11.9. The third-order valence-electron chi connectivity index (χ3n) is 4.44. The number of carboxylic acids is 1. The van der Waals surface area contributed by atoms with E-state index in [4.69, 9.17) is 33.0 Å². The first-order chi connectivity index (χ1) is 12.3. The van der Waals surface area contributed by atoms with Gasteiger partial charge in [-0.15, -0.1) is 0 Å². The Morgan fingerprint density at radius 3 is 2.69 bits per heavy atom. The number of carboxylic acid groups (broad SMARTS) is 1. The van der Waals surface area contributed by atoms with Gasteiger partial charge in [0.25, 0.3) is 0 Å². The maximum atomic E-state index is 11.3. The van der Waals surface area contributed by atoms with Crippen molar-refractivity contribution in [3.63, 3.8) is 0 Å². The number of ether oxygens (including phenoxy) is 1. The Bertz CT molecular complexity index is 689. The lowest BCUT2D eigenvalue weighted by Gasteiger charge is -2.22. The molecule has 2 rings (SSSR count). The predicted octanol–water partition coefficient (Wildman–Crippen LogP) is 4.48. The topological polar surface area (TPSA) is 83.8 Å². The zero-order valence-electron chi connectivity index (χ0n) is 14.3. The molecule has 7 heteroatoms. The largest absolute Gasteiger partial charge is 0.479 e. The molecule has 0 aliphatic carbocycles. The molecular weight excluding hydrogens is 379 g/mol. The van der Waals surface area contributed by atoms with E-state index in [1.807, 2.05) is 12.1 Å². The normalized spacial score (nSPS) is 22.7. The highest BCUT2D eigenvalue weighted by Gasteiger charge is 2.53. The number of rotatable bonds is 9. The number of aliphatic carboxylic acids is 1. The number of esters is 1. The Kier molecular flexibility index (Phi) is 7.50. The van der Waals surface area contributed by atoms with Crippen molar-refractivity contribution in [1.82, 2.24) is 0 Å². The summed E-state index contributed by atoms with van der Waals surface area (Å²) in [7, 11) is 0. The summed E-state index contributed by atoms with van der Waals surface area (Å²) in [5.74, 6) is -2.06. The van der Waals surface area contributed by atoms with Gasteiger partial charge in [0.15, 0.2) is 0 Å². The van der Waals surface area contributed by atoms with E-state index in [0.717, 1.165) is 31.2 Å². The second-order valence-electron chi connectivity index (χ2n) is 6.44. The summed E-state index contributed by atoms with van der Waals surface area (Å²) in [5, 5.41) is 20.4. The maximum absolute atomic E-state index is 11.3. The highest BCUT2D eigenvalue weighted by atomic mass is 35.5. The standard InChI is InChI=1S/C19H22Cl2O5/c20-14-10-9-13(15(21)11-14)7-5-3-1-2-4-6-8-16-19(25,18(23)24)12-17(22)26-16/h5,7,9-11,16,25H,1-4,6,8,12H2,(H,23,24). The fraction of sp³-hybridized carbons (Fsp3) is 0.474. The van der Waals surface area contributed by atoms with Crippen LogP contribution in [-0.2, 0) is 14.3 Å². The second kappa shape index (κ2) is 9.40. The van der Waals surface area contributed by atoms with Crippen LogP contribution in [0.2, 0.25) is 10.0 Å². The van der Waals surface area contributed by atoms with Crippen molar-refractivity contribution in [3.8, 4) is 0 Å². The van der Waals surface area contributed by atoms with Crippen LogP contribution in [0.1, 0.15) is 50.5 Å². The number of halogens is 2. The molecule has 1 aliphatic rings. The van der Waals surface area contributed by atoms with Crippen LogP contribution in [0.25, 0.3) is 6.08 Å². The average Bonchev–Trinajstić information content (AvgIpc) is 2.87. The van der Waals surface area contributed by atoms with Gasteiger partial charge in [-0.3, -0.25) is 4.79 Å². The number of unbranched alkanes of at least 4 members (excludes halogenated alkanes) is 4. The Labute approximate surface area is 162 Å². The molecule has 0 amide bonds. The van der Waals surface area contributed by atoms with E-state index >= 15 is 0 Å². The molecule has 0 saturated carbocycles. The molecule has 1 fully saturated rings. The van der Waals surface area contributed by atoms with Crippen molar-refractivity contribution >= 4 is 41.2 Å². The lowest BCUT2D eigenvalue weighted by Crippen LogP contribution is -2.46.